The highest BCUT2D eigenvalue weighted by atomic mass is 32.1. The van der Waals surface area contributed by atoms with Crippen LogP contribution in [0.4, 0.5) is 11.4 Å². The summed E-state index contributed by atoms with van der Waals surface area (Å²) < 4.78 is 10.2. The van der Waals surface area contributed by atoms with Crippen LogP contribution in [-0.2, 0) is 28.7 Å². The van der Waals surface area contributed by atoms with E-state index < -0.39 is 29.2 Å². The van der Waals surface area contributed by atoms with Gasteiger partial charge in [-0.25, -0.2) is 0 Å². The maximum absolute atomic E-state index is 14.3. The first-order chi connectivity index (χ1) is 17.6. The molecule has 0 aromatic heterocycles. The summed E-state index contributed by atoms with van der Waals surface area (Å²) in [6.45, 7) is 7.49. The van der Waals surface area contributed by atoms with E-state index in [2.05, 4.69) is 0 Å². The molecule has 3 rings (SSSR count). The summed E-state index contributed by atoms with van der Waals surface area (Å²) in [6.07, 6.45) is -0.638. The molecule has 2 aromatic rings. The van der Waals surface area contributed by atoms with Crippen molar-refractivity contribution >= 4 is 52.5 Å². The number of hydrogen-bond donors (Lipinski definition) is 0. The molecular formula is C28H32N2O6S. The minimum absolute atomic E-state index is 0.00842. The van der Waals surface area contributed by atoms with Crippen LogP contribution < -0.4 is 9.80 Å². The molecule has 1 fully saturated rings. The lowest BCUT2D eigenvalue weighted by atomic mass is 9.74. The molecule has 0 unspecified atom stereocenters. The average molecular weight is 525 g/mol. The Kier molecular flexibility index (Phi) is 9.15. The van der Waals surface area contributed by atoms with Crippen molar-refractivity contribution < 1.29 is 28.7 Å². The fourth-order valence-corrected chi connectivity index (χ4v) is 4.81. The van der Waals surface area contributed by atoms with Crippen LogP contribution in [0.1, 0.15) is 50.7 Å². The molecule has 0 N–H and O–H groups in total. The lowest BCUT2D eigenvalue weighted by molar-refractivity contribution is -0.147. The summed E-state index contributed by atoms with van der Waals surface area (Å²) >= 11 is 5.74. The van der Waals surface area contributed by atoms with Crippen LogP contribution in [0.3, 0.4) is 0 Å². The first-order valence-corrected chi connectivity index (χ1v) is 12.7. The second-order valence-corrected chi connectivity index (χ2v) is 9.30. The summed E-state index contributed by atoms with van der Waals surface area (Å²) in [5, 5.41) is 0.00842. The normalized spacial score (nSPS) is 15.1. The molecule has 2 aromatic carbocycles. The molecule has 1 aliphatic rings. The van der Waals surface area contributed by atoms with E-state index in [1.807, 2.05) is 26.0 Å². The van der Waals surface area contributed by atoms with Gasteiger partial charge in [-0.15, -0.1) is 0 Å². The number of amides is 2. The Morgan fingerprint density at radius 1 is 0.784 bits per heavy atom. The third kappa shape index (κ3) is 6.05. The smallest absolute Gasteiger partial charge is 0.305 e. The van der Waals surface area contributed by atoms with E-state index in [0.717, 1.165) is 11.1 Å². The molecule has 0 radical (unpaired) electrons. The fourth-order valence-electron chi connectivity index (χ4n) is 4.43. The van der Waals surface area contributed by atoms with E-state index in [4.69, 9.17) is 21.7 Å². The molecule has 0 aliphatic carbocycles. The van der Waals surface area contributed by atoms with Gasteiger partial charge in [0.25, 0.3) is 0 Å². The Balaban J connectivity index is 2.18. The highest BCUT2D eigenvalue weighted by Gasteiger charge is 2.56. The number of carbonyl (C=O) groups is 4. The first-order valence-electron chi connectivity index (χ1n) is 12.3. The molecule has 9 heteroatoms. The molecule has 0 atom stereocenters. The van der Waals surface area contributed by atoms with Crippen LogP contribution in [0, 0.1) is 19.3 Å². The minimum atomic E-state index is -1.74. The Morgan fingerprint density at radius 2 is 1.19 bits per heavy atom. The SMILES string of the molecule is CCOC(=O)CCC1(CCC(=O)OCC)C(=O)N(c2cccc(C)c2)C(=S)N(c2cccc(C)c2)C1=O. The van der Waals surface area contributed by atoms with Crippen LogP contribution in [-0.4, -0.2) is 42.1 Å². The standard InChI is InChI=1S/C28H32N2O6S/c1-5-35-23(31)13-15-28(16-14-24(32)36-6-2)25(33)29(21-11-7-9-19(3)17-21)27(37)30(26(28)34)22-12-8-10-20(4)18-22/h7-12,17-18H,5-6,13-16H2,1-4H3. The largest absolute Gasteiger partial charge is 0.466 e. The van der Waals surface area contributed by atoms with Gasteiger partial charge >= 0.3 is 11.9 Å². The highest BCUT2D eigenvalue weighted by molar-refractivity contribution is 7.81. The van der Waals surface area contributed by atoms with E-state index in [0.29, 0.717) is 11.4 Å². The van der Waals surface area contributed by atoms with Crippen LogP contribution in [0.25, 0.3) is 0 Å². The second-order valence-electron chi connectivity index (χ2n) is 8.93. The lowest BCUT2D eigenvalue weighted by Gasteiger charge is -2.46. The number of ether oxygens (including phenoxy) is 2. The molecule has 0 bridgehead atoms. The van der Waals surface area contributed by atoms with Gasteiger partial charge in [-0.1, -0.05) is 24.3 Å². The van der Waals surface area contributed by atoms with Crippen molar-refractivity contribution in [3.05, 3.63) is 59.7 Å². The van der Waals surface area contributed by atoms with Gasteiger partial charge in [0, 0.05) is 12.8 Å². The van der Waals surface area contributed by atoms with Gasteiger partial charge in [-0.3, -0.25) is 29.0 Å². The van der Waals surface area contributed by atoms with Gasteiger partial charge < -0.3 is 9.47 Å². The third-order valence-corrected chi connectivity index (χ3v) is 6.61. The number of nitrogens with zero attached hydrogens (tertiary/aromatic N) is 2. The van der Waals surface area contributed by atoms with Crippen molar-refractivity contribution in [3.8, 4) is 0 Å². The molecule has 1 saturated heterocycles. The molecular weight excluding hydrogens is 492 g/mol. The zero-order chi connectivity index (χ0) is 27.2. The van der Waals surface area contributed by atoms with Gasteiger partial charge in [0.05, 0.1) is 24.6 Å². The Bertz CT molecular complexity index is 1120. The number of benzene rings is 2. The number of rotatable bonds is 10. The van der Waals surface area contributed by atoms with Crippen molar-refractivity contribution in [3.63, 3.8) is 0 Å². The van der Waals surface area contributed by atoms with Crippen LogP contribution in [0.15, 0.2) is 48.5 Å². The van der Waals surface area contributed by atoms with E-state index in [9.17, 15) is 19.2 Å². The molecule has 0 spiro atoms. The van der Waals surface area contributed by atoms with E-state index >= 15 is 0 Å². The topological polar surface area (TPSA) is 93.2 Å². The summed E-state index contributed by atoms with van der Waals surface area (Å²) in [6, 6.07) is 14.5. The fraction of sp³-hybridized carbons (Fsp3) is 0.393. The predicted molar refractivity (Wildman–Crippen MR) is 144 cm³/mol. The van der Waals surface area contributed by atoms with Crippen molar-refractivity contribution in [2.75, 3.05) is 23.0 Å². The first kappa shape index (κ1) is 28.0. The molecule has 37 heavy (non-hydrogen) atoms. The molecule has 1 aliphatic heterocycles. The summed E-state index contributed by atoms with van der Waals surface area (Å²) in [5.41, 5.74) is 1.05. The Labute approximate surface area is 222 Å². The van der Waals surface area contributed by atoms with Crippen LogP contribution in [0.5, 0.6) is 0 Å². The number of esters is 2. The Hall–Kier alpha value is -3.59. The summed E-state index contributed by atoms with van der Waals surface area (Å²) in [4.78, 5) is 55.9. The van der Waals surface area contributed by atoms with Crippen molar-refractivity contribution in [1.82, 2.24) is 0 Å². The summed E-state index contributed by atoms with van der Waals surface area (Å²) in [5.74, 6) is -2.22. The predicted octanol–water partition coefficient (Wildman–Crippen LogP) is 4.64. The van der Waals surface area contributed by atoms with Gasteiger partial charge in [0.2, 0.25) is 11.8 Å². The number of carbonyl (C=O) groups excluding carboxylic acids is 4. The van der Waals surface area contributed by atoms with E-state index in [1.54, 1.807) is 50.2 Å². The molecule has 196 valence electrons. The molecule has 2 amide bonds. The van der Waals surface area contributed by atoms with Gasteiger partial charge in [0.15, 0.2) is 5.11 Å². The zero-order valence-corrected chi connectivity index (χ0v) is 22.4. The number of hydrogen-bond acceptors (Lipinski definition) is 7. The number of anilines is 2. The average Bonchev–Trinajstić information content (AvgIpc) is 2.84. The summed E-state index contributed by atoms with van der Waals surface area (Å²) in [7, 11) is 0. The third-order valence-electron chi connectivity index (χ3n) is 6.25. The maximum Gasteiger partial charge on any atom is 0.305 e. The minimum Gasteiger partial charge on any atom is -0.466 e. The van der Waals surface area contributed by atoms with Crippen molar-refractivity contribution in [2.24, 2.45) is 5.41 Å². The lowest BCUT2D eigenvalue weighted by Crippen LogP contribution is -2.66. The van der Waals surface area contributed by atoms with Gasteiger partial charge in [-0.05, 0) is 88.1 Å². The van der Waals surface area contributed by atoms with Crippen molar-refractivity contribution in [2.45, 2.75) is 53.4 Å². The quantitative estimate of drug-likeness (QED) is 0.254. The van der Waals surface area contributed by atoms with Crippen LogP contribution in [0.2, 0.25) is 0 Å². The van der Waals surface area contributed by atoms with Gasteiger partial charge in [-0.2, -0.15) is 0 Å². The van der Waals surface area contributed by atoms with E-state index in [-0.39, 0.29) is 44.0 Å². The molecule has 0 saturated carbocycles. The maximum atomic E-state index is 14.3. The number of thiocarbonyl (C=S) groups is 1. The number of aryl methyl sites for hydroxylation is 2. The second kappa shape index (κ2) is 12.1. The van der Waals surface area contributed by atoms with Gasteiger partial charge in [0.1, 0.15) is 5.41 Å². The van der Waals surface area contributed by atoms with Crippen LogP contribution >= 0.6 is 12.2 Å². The molecule has 1 heterocycles. The zero-order valence-electron chi connectivity index (χ0n) is 21.6. The highest BCUT2D eigenvalue weighted by Crippen LogP contribution is 2.42. The van der Waals surface area contributed by atoms with Crippen molar-refractivity contribution in [1.29, 1.82) is 0 Å². The van der Waals surface area contributed by atoms with E-state index in [1.165, 1.54) is 9.80 Å². The Morgan fingerprint density at radius 3 is 1.54 bits per heavy atom. The monoisotopic (exact) mass is 524 g/mol. The molecule has 8 nitrogen and oxygen atoms in total.